The highest BCUT2D eigenvalue weighted by Gasteiger charge is 2.12. The molecule has 2 heterocycles. The average molecular weight is 352 g/mol. The maximum absolute atomic E-state index is 12.3. The Balaban J connectivity index is 1.54. The molecule has 0 radical (unpaired) electrons. The molecule has 0 aliphatic carbocycles. The van der Waals surface area contributed by atoms with E-state index in [1.165, 1.54) is 9.25 Å². The van der Waals surface area contributed by atoms with Crippen LogP contribution in [0, 0.1) is 0 Å². The van der Waals surface area contributed by atoms with Crippen LogP contribution in [0.2, 0.25) is 0 Å². The van der Waals surface area contributed by atoms with E-state index in [-0.39, 0.29) is 18.3 Å². The summed E-state index contributed by atoms with van der Waals surface area (Å²) in [6, 6.07) is 14.8. The van der Waals surface area contributed by atoms with Gasteiger partial charge in [-0.25, -0.2) is 14.3 Å². The molecule has 0 fully saturated rings. The largest absolute Gasteiger partial charge is 0.346 e. The minimum atomic E-state index is -0.289. The lowest BCUT2D eigenvalue weighted by Crippen LogP contribution is -2.38. The molecule has 0 aliphatic heterocycles. The SMILES string of the molecule is Cn1c(-c2ccccn2)nn(CCNC(=O)NCc2ccccc2)c1=O. The first-order valence-electron chi connectivity index (χ1n) is 8.26. The van der Waals surface area contributed by atoms with Crippen molar-refractivity contribution in [1.29, 1.82) is 0 Å². The van der Waals surface area contributed by atoms with Crippen molar-refractivity contribution in [2.45, 2.75) is 13.1 Å². The predicted octanol–water partition coefficient (Wildman–Crippen LogP) is 1.14. The summed E-state index contributed by atoms with van der Waals surface area (Å²) in [5, 5.41) is 9.79. The van der Waals surface area contributed by atoms with Crippen molar-refractivity contribution in [1.82, 2.24) is 30.0 Å². The van der Waals surface area contributed by atoms with Gasteiger partial charge in [0.1, 0.15) is 5.69 Å². The Kier molecular flexibility index (Phi) is 5.43. The lowest BCUT2D eigenvalue weighted by atomic mass is 10.2. The Bertz CT molecular complexity index is 918. The van der Waals surface area contributed by atoms with Crippen molar-refractivity contribution >= 4 is 6.03 Å². The van der Waals surface area contributed by atoms with Gasteiger partial charge >= 0.3 is 11.7 Å². The van der Waals surface area contributed by atoms with E-state index in [1.54, 1.807) is 25.4 Å². The summed E-state index contributed by atoms with van der Waals surface area (Å²) in [5.41, 5.74) is 1.39. The van der Waals surface area contributed by atoms with Gasteiger partial charge in [-0.1, -0.05) is 36.4 Å². The lowest BCUT2D eigenvalue weighted by Gasteiger charge is -2.07. The van der Waals surface area contributed by atoms with E-state index >= 15 is 0 Å². The molecular weight excluding hydrogens is 332 g/mol. The van der Waals surface area contributed by atoms with Crippen LogP contribution in [0.15, 0.2) is 59.5 Å². The molecule has 0 unspecified atom stereocenters. The molecule has 26 heavy (non-hydrogen) atoms. The van der Waals surface area contributed by atoms with Crippen LogP contribution in [-0.4, -0.2) is 31.9 Å². The molecule has 134 valence electrons. The summed E-state index contributed by atoms with van der Waals surface area (Å²) < 4.78 is 2.76. The van der Waals surface area contributed by atoms with E-state index in [4.69, 9.17) is 0 Å². The summed E-state index contributed by atoms with van der Waals surface area (Å²) in [6.45, 7) is 1.01. The van der Waals surface area contributed by atoms with Gasteiger partial charge in [-0.05, 0) is 17.7 Å². The van der Waals surface area contributed by atoms with Crippen molar-refractivity contribution in [3.8, 4) is 11.5 Å². The minimum absolute atomic E-state index is 0.253. The zero-order chi connectivity index (χ0) is 18.4. The van der Waals surface area contributed by atoms with E-state index in [1.807, 2.05) is 36.4 Å². The predicted molar refractivity (Wildman–Crippen MR) is 97.4 cm³/mol. The van der Waals surface area contributed by atoms with Gasteiger partial charge in [0.15, 0.2) is 5.82 Å². The highest BCUT2D eigenvalue weighted by atomic mass is 16.2. The van der Waals surface area contributed by atoms with E-state index in [9.17, 15) is 9.59 Å². The third-order valence-corrected chi connectivity index (χ3v) is 3.84. The molecule has 0 bridgehead atoms. The normalized spacial score (nSPS) is 10.5. The monoisotopic (exact) mass is 352 g/mol. The number of carbonyl (C=O) groups is 1. The second-order valence-electron chi connectivity index (χ2n) is 5.70. The Morgan fingerprint density at radius 3 is 2.58 bits per heavy atom. The summed E-state index contributed by atoms with van der Waals surface area (Å²) in [7, 11) is 1.65. The van der Waals surface area contributed by atoms with Crippen molar-refractivity contribution in [3.05, 3.63) is 70.8 Å². The number of aromatic nitrogens is 4. The standard InChI is InChI=1S/C18H20N6O2/c1-23-16(15-9-5-6-10-19-15)22-24(18(23)26)12-11-20-17(25)21-13-14-7-3-2-4-8-14/h2-10H,11-13H2,1H3,(H2,20,21,25). The number of nitrogens with zero attached hydrogens (tertiary/aromatic N) is 4. The third-order valence-electron chi connectivity index (χ3n) is 3.84. The first-order chi connectivity index (χ1) is 12.6. The Morgan fingerprint density at radius 2 is 1.85 bits per heavy atom. The van der Waals surface area contributed by atoms with Crippen molar-refractivity contribution < 1.29 is 4.79 Å². The Hall–Kier alpha value is -3.42. The first kappa shape index (κ1) is 17.4. The maximum atomic E-state index is 12.3. The van der Waals surface area contributed by atoms with E-state index in [2.05, 4.69) is 20.7 Å². The maximum Gasteiger partial charge on any atom is 0.346 e. The number of hydrogen-bond acceptors (Lipinski definition) is 4. The van der Waals surface area contributed by atoms with Gasteiger partial charge in [0.2, 0.25) is 0 Å². The molecule has 2 aromatic heterocycles. The van der Waals surface area contributed by atoms with Crippen LogP contribution in [0.5, 0.6) is 0 Å². The number of nitrogens with one attached hydrogen (secondary N) is 2. The second-order valence-corrected chi connectivity index (χ2v) is 5.70. The van der Waals surface area contributed by atoms with Crippen LogP contribution < -0.4 is 16.3 Å². The van der Waals surface area contributed by atoms with Gasteiger partial charge in [-0.3, -0.25) is 9.55 Å². The first-order valence-corrected chi connectivity index (χ1v) is 8.26. The number of pyridine rings is 1. The molecule has 2 N–H and O–H groups in total. The van der Waals surface area contributed by atoms with Crippen LogP contribution >= 0.6 is 0 Å². The second kappa shape index (κ2) is 8.11. The van der Waals surface area contributed by atoms with Crippen molar-refractivity contribution in [2.24, 2.45) is 7.05 Å². The van der Waals surface area contributed by atoms with Gasteiger partial charge < -0.3 is 10.6 Å². The zero-order valence-corrected chi connectivity index (χ0v) is 14.4. The fraction of sp³-hybridized carbons (Fsp3) is 0.222. The van der Waals surface area contributed by atoms with Gasteiger partial charge in [-0.15, -0.1) is 5.10 Å². The Labute approximate surface area is 150 Å². The average Bonchev–Trinajstić information content (AvgIpc) is 2.96. The summed E-state index contributed by atoms with van der Waals surface area (Å²) in [4.78, 5) is 28.3. The lowest BCUT2D eigenvalue weighted by molar-refractivity contribution is 0.240. The molecular formula is C18H20N6O2. The number of carbonyl (C=O) groups excluding carboxylic acids is 1. The molecule has 0 aliphatic rings. The highest BCUT2D eigenvalue weighted by molar-refractivity contribution is 5.73. The smallest absolute Gasteiger partial charge is 0.336 e. The molecule has 2 amide bonds. The summed E-state index contributed by atoms with van der Waals surface area (Å²) in [6.07, 6.45) is 1.65. The van der Waals surface area contributed by atoms with Gasteiger partial charge in [0, 0.05) is 26.3 Å². The molecule has 0 atom stereocenters. The number of benzene rings is 1. The Morgan fingerprint density at radius 1 is 1.08 bits per heavy atom. The summed E-state index contributed by atoms with van der Waals surface area (Å²) >= 11 is 0. The molecule has 3 rings (SSSR count). The fourth-order valence-electron chi connectivity index (χ4n) is 2.47. The fourth-order valence-corrected chi connectivity index (χ4v) is 2.47. The topological polar surface area (TPSA) is 93.8 Å². The van der Waals surface area contributed by atoms with Gasteiger partial charge in [0.05, 0.1) is 6.54 Å². The van der Waals surface area contributed by atoms with Gasteiger partial charge in [0.25, 0.3) is 0 Å². The number of urea groups is 1. The number of hydrogen-bond donors (Lipinski definition) is 2. The quantitative estimate of drug-likeness (QED) is 0.696. The van der Waals surface area contributed by atoms with Crippen LogP contribution in [0.25, 0.3) is 11.5 Å². The zero-order valence-electron chi connectivity index (χ0n) is 14.4. The van der Waals surface area contributed by atoms with Crippen LogP contribution in [-0.2, 0) is 20.1 Å². The highest BCUT2D eigenvalue weighted by Crippen LogP contribution is 2.10. The van der Waals surface area contributed by atoms with Crippen LogP contribution in [0.3, 0.4) is 0 Å². The third kappa shape index (κ3) is 4.15. The van der Waals surface area contributed by atoms with Crippen molar-refractivity contribution in [2.75, 3.05) is 6.54 Å². The summed E-state index contributed by atoms with van der Waals surface area (Å²) in [5.74, 6) is 0.490. The molecule has 0 saturated heterocycles. The van der Waals surface area contributed by atoms with Crippen molar-refractivity contribution in [3.63, 3.8) is 0 Å². The van der Waals surface area contributed by atoms with Gasteiger partial charge in [-0.2, -0.15) is 0 Å². The van der Waals surface area contributed by atoms with E-state index in [0.29, 0.717) is 24.6 Å². The van der Waals surface area contributed by atoms with Crippen LogP contribution in [0.4, 0.5) is 4.79 Å². The number of rotatable bonds is 6. The number of amides is 2. The molecule has 1 aromatic carbocycles. The molecule has 3 aromatic rings. The molecule has 8 nitrogen and oxygen atoms in total. The van der Waals surface area contributed by atoms with Crippen LogP contribution in [0.1, 0.15) is 5.56 Å². The molecule has 0 saturated carbocycles. The molecule has 0 spiro atoms. The molecule has 8 heteroatoms. The van der Waals surface area contributed by atoms with E-state index < -0.39 is 0 Å². The van der Waals surface area contributed by atoms with E-state index in [0.717, 1.165) is 5.56 Å². The minimum Gasteiger partial charge on any atom is -0.336 e.